The molecular formula is C30H41NO2. The topological polar surface area (TPSA) is 32.5 Å². The summed E-state index contributed by atoms with van der Waals surface area (Å²) in [6.45, 7) is 14.9. The number of aryl methyl sites for hydroxylation is 1. The molecular weight excluding hydrogens is 406 g/mol. The summed E-state index contributed by atoms with van der Waals surface area (Å²) in [7, 11) is 0. The second-order valence-corrected chi connectivity index (χ2v) is 15.0. The molecule has 9 atom stereocenters. The summed E-state index contributed by atoms with van der Waals surface area (Å²) in [5.41, 5.74) is 4.47. The Morgan fingerprint density at radius 1 is 1.15 bits per heavy atom. The Labute approximate surface area is 199 Å². The van der Waals surface area contributed by atoms with Gasteiger partial charge in [-0.2, -0.15) is 0 Å². The summed E-state index contributed by atoms with van der Waals surface area (Å²) in [6, 6.07) is 5.48. The zero-order valence-electron chi connectivity index (χ0n) is 21.4. The lowest BCUT2D eigenvalue weighted by atomic mass is 9.35. The largest absolute Gasteiger partial charge is 0.488 e. The summed E-state index contributed by atoms with van der Waals surface area (Å²) < 4.78 is 7.19. The molecule has 1 N–H and O–H groups in total. The normalized spacial score (nSPS) is 51.6. The average molecular weight is 448 g/mol. The number of likely N-dealkylation sites (tertiary alicyclic amines) is 1. The zero-order valence-corrected chi connectivity index (χ0v) is 21.4. The third kappa shape index (κ3) is 1.86. The van der Waals surface area contributed by atoms with Crippen LogP contribution in [0.15, 0.2) is 12.1 Å². The van der Waals surface area contributed by atoms with E-state index in [4.69, 9.17) is 4.74 Å². The molecule has 9 rings (SSSR count). The quantitative estimate of drug-likeness (QED) is 0.631. The first-order chi connectivity index (χ1) is 15.4. The SMILES string of the molecule is Cc1ccc2c3c1OC1C4(C)CCC5(CC4C(C)(O)C(C)(C)C)[C@@H]4N(CC6CC6)C4(C2)C[C@]315. The van der Waals surface area contributed by atoms with Gasteiger partial charge in [-0.3, -0.25) is 4.90 Å². The Hall–Kier alpha value is -1.06. The lowest BCUT2D eigenvalue weighted by Crippen LogP contribution is -2.73. The highest BCUT2D eigenvalue weighted by atomic mass is 16.5. The summed E-state index contributed by atoms with van der Waals surface area (Å²) in [6.07, 6.45) is 9.31. The first kappa shape index (κ1) is 20.2. The molecule has 5 saturated carbocycles. The number of fused-ring (bicyclic) bond motifs is 2. The molecule has 3 spiro atoms. The minimum atomic E-state index is -0.715. The number of hydrogen-bond donors (Lipinski definition) is 1. The fourth-order valence-corrected chi connectivity index (χ4v) is 10.8. The highest BCUT2D eigenvalue weighted by Crippen LogP contribution is 2.86. The summed E-state index contributed by atoms with van der Waals surface area (Å²) >= 11 is 0. The van der Waals surface area contributed by atoms with Gasteiger partial charge in [0.25, 0.3) is 0 Å². The molecule has 0 radical (unpaired) electrons. The van der Waals surface area contributed by atoms with E-state index in [1.165, 1.54) is 62.8 Å². The predicted molar refractivity (Wildman–Crippen MR) is 130 cm³/mol. The van der Waals surface area contributed by atoms with E-state index in [0.717, 1.165) is 5.92 Å². The summed E-state index contributed by atoms with van der Waals surface area (Å²) in [5.74, 6) is 2.44. The Balaban J connectivity index is 1.37. The van der Waals surface area contributed by atoms with Crippen LogP contribution < -0.4 is 4.74 Å². The van der Waals surface area contributed by atoms with Gasteiger partial charge >= 0.3 is 0 Å². The van der Waals surface area contributed by atoms with Gasteiger partial charge in [0.1, 0.15) is 11.9 Å². The molecule has 6 fully saturated rings. The molecule has 1 aromatic carbocycles. The molecule has 2 aliphatic heterocycles. The molecule has 0 aromatic heterocycles. The molecule has 4 bridgehead atoms. The fourth-order valence-electron chi connectivity index (χ4n) is 10.8. The maximum Gasteiger partial charge on any atom is 0.126 e. The molecule has 1 saturated heterocycles. The second-order valence-electron chi connectivity index (χ2n) is 15.0. The van der Waals surface area contributed by atoms with E-state index in [0.29, 0.717) is 11.6 Å². The maximum absolute atomic E-state index is 12.2. The maximum atomic E-state index is 12.2. The van der Waals surface area contributed by atoms with Crippen molar-refractivity contribution in [1.82, 2.24) is 4.90 Å². The minimum absolute atomic E-state index is 0.0118. The van der Waals surface area contributed by atoms with Crippen LogP contribution in [0.1, 0.15) is 89.8 Å². The van der Waals surface area contributed by atoms with E-state index in [2.05, 4.69) is 58.6 Å². The Morgan fingerprint density at radius 2 is 1.91 bits per heavy atom. The van der Waals surface area contributed by atoms with Gasteiger partial charge in [0.15, 0.2) is 0 Å². The second kappa shape index (κ2) is 5.21. The lowest BCUT2D eigenvalue weighted by molar-refractivity contribution is -0.246. The monoisotopic (exact) mass is 447 g/mol. The van der Waals surface area contributed by atoms with Crippen molar-refractivity contribution in [2.24, 2.45) is 28.1 Å². The number of benzene rings is 1. The van der Waals surface area contributed by atoms with Gasteiger partial charge < -0.3 is 9.84 Å². The Kier molecular flexibility index (Phi) is 3.19. The van der Waals surface area contributed by atoms with Crippen LogP contribution in [-0.2, 0) is 11.8 Å². The van der Waals surface area contributed by atoms with Crippen molar-refractivity contribution in [1.29, 1.82) is 0 Å². The molecule has 8 aliphatic rings. The van der Waals surface area contributed by atoms with Crippen molar-refractivity contribution in [2.45, 2.75) is 115 Å². The van der Waals surface area contributed by atoms with Crippen LogP contribution >= 0.6 is 0 Å². The molecule has 1 aromatic rings. The number of aliphatic hydroxyl groups is 1. The highest BCUT2D eigenvalue weighted by molar-refractivity contribution is 5.65. The van der Waals surface area contributed by atoms with Gasteiger partial charge in [0, 0.05) is 39.9 Å². The van der Waals surface area contributed by atoms with E-state index >= 15 is 0 Å². The van der Waals surface area contributed by atoms with Crippen molar-refractivity contribution < 1.29 is 9.84 Å². The van der Waals surface area contributed by atoms with Crippen LogP contribution in [0, 0.1) is 35.0 Å². The van der Waals surface area contributed by atoms with Crippen LogP contribution in [0.25, 0.3) is 0 Å². The molecule has 7 unspecified atom stereocenters. The van der Waals surface area contributed by atoms with E-state index in [-0.39, 0.29) is 33.7 Å². The first-order valence-corrected chi connectivity index (χ1v) is 13.7. The Bertz CT molecular complexity index is 1110. The number of nitrogens with zero attached hydrogens (tertiary/aromatic N) is 1. The van der Waals surface area contributed by atoms with E-state index in [1.54, 1.807) is 11.1 Å². The standard InChI is InChI=1S/C30H41NO2/c1-17-7-10-19-13-29-16-30-21(19)22(17)33-24(30)26(5)11-12-28(30,23(29)31(29)15-18-8-9-18)14-20(26)27(6,32)25(2,3)4/h7,10,18,20,23-24,32H,8-9,11-16H2,1-6H3/t20?,23-,24?,26?,27?,28?,29?,30-,31?/m0/s1. The summed E-state index contributed by atoms with van der Waals surface area (Å²) in [4.78, 5) is 2.98. The summed E-state index contributed by atoms with van der Waals surface area (Å²) in [5, 5.41) is 12.2. The molecule has 0 amide bonds. The molecule has 2 heterocycles. The minimum Gasteiger partial charge on any atom is -0.488 e. The molecule has 178 valence electrons. The van der Waals surface area contributed by atoms with E-state index < -0.39 is 5.60 Å². The number of rotatable bonds is 3. The van der Waals surface area contributed by atoms with Gasteiger partial charge in [0.2, 0.25) is 0 Å². The van der Waals surface area contributed by atoms with Crippen LogP contribution in [0.4, 0.5) is 0 Å². The fraction of sp³-hybridized carbons (Fsp3) is 0.800. The van der Waals surface area contributed by atoms with Crippen molar-refractivity contribution in [3.63, 3.8) is 0 Å². The van der Waals surface area contributed by atoms with Gasteiger partial charge in [-0.25, -0.2) is 0 Å². The van der Waals surface area contributed by atoms with Crippen LogP contribution in [-0.4, -0.2) is 39.8 Å². The number of ether oxygens (including phenoxy) is 1. The molecule has 33 heavy (non-hydrogen) atoms. The van der Waals surface area contributed by atoms with Crippen molar-refractivity contribution in [3.05, 3.63) is 28.8 Å². The molecule has 3 nitrogen and oxygen atoms in total. The van der Waals surface area contributed by atoms with Gasteiger partial charge in [-0.15, -0.1) is 0 Å². The zero-order chi connectivity index (χ0) is 23.0. The lowest BCUT2D eigenvalue weighted by Gasteiger charge is -2.70. The number of hydrogen-bond acceptors (Lipinski definition) is 3. The average Bonchev–Trinajstić information content (AvgIpc) is 3.59. The Morgan fingerprint density at radius 3 is 2.61 bits per heavy atom. The predicted octanol–water partition coefficient (Wildman–Crippen LogP) is 5.39. The molecule has 6 aliphatic carbocycles. The van der Waals surface area contributed by atoms with E-state index in [9.17, 15) is 5.11 Å². The van der Waals surface area contributed by atoms with Crippen molar-refractivity contribution in [2.75, 3.05) is 6.54 Å². The third-order valence-electron chi connectivity index (χ3n) is 12.8. The number of piperidine rings is 1. The smallest absolute Gasteiger partial charge is 0.126 e. The van der Waals surface area contributed by atoms with Crippen LogP contribution in [0.2, 0.25) is 0 Å². The van der Waals surface area contributed by atoms with Gasteiger partial charge in [-0.05, 0) is 87.2 Å². The van der Waals surface area contributed by atoms with Crippen molar-refractivity contribution >= 4 is 0 Å². The third-order valence-corrected chi connectivity index (χ3v) is 12.8. The molecule has 3 heteroatoms. The van der Waals surface area contributed by atoms with Crippen LogP contribution in [0.5, 0.6) is 5.75 Å². The van der Waals surface area contributed by atoms with Crippen molar-refractivity contribution in [3.8, 4) is 5.75 Å². The first-order valence-electron chi connectivity index (χ1n) is 13.7. The van der Waals surface area contributed by atoms with Gasteiger partial charge in [0.05, 0.1) is 5.60 Å². The van der Waals surface area contributed by atoms with Crippen LogP contribution in [0.3, 0.4) is 0 Å². The van der Waals surface area contributed by atoms with E-state index in [1.807, 2.05) is 0 Å². The van der Waals surface area contributed by atoms with Gasteiger partial charge in [-0.1, -0.05) is 39.8 Å². The highest BCUT2D eigenvalue weighted by Gasteiger charge is 2.91.